The van der Waals surface area contributed by atoms with E-state index in [1.807, 2.05) is 76.5 Å². The van der Waals surface area contributed by atoms with Crippen LogP contribution in [0.2, 0.25) is 0 Å². The number of amides is 2. The fourth-order valence-corrected chi connectivity index (χ4v) is 10.3. The third-order valence-corrected chi connectivity index (χ3v) is 14.0. The minimum atomic E-state index is -0.658. The van der Waals surface area contributed by atoms with Crippen LogP contribution in [0.1, 0.15) is 55.8 Å². The van der Waals surface area contributed by atoms with Gasteiger partial charge < -0.3 is 73.5 Å². The van der Waals surface area contributed by atoms with E-state index in [1.165, 1.54) is 12.1 Å². The average molecular weight is 1040 g/mol. The minimum Gasteiger partial charge on any atom is -0.493 e. The quantitative estimate of drug-likeness (QED) is 0.0478. The molecule has 1 aromatic heterocycles. The summed E-state index contributed by atoms with van der Waals surface area (Å²) >= 11 is 0. The van der Waals surface area contributed by atoms with Gasteiger partial charge in [0.2, 0.25) is 11.8 Å². The van der Waals surface area contributed by atoms with Crippen molar-refractivity contribution in [2.24, 2.45) is 0 Å². The van der Waals surface area contributed by atoms with Crippen LogP contribution in [0.3, 0.4) is 0 Å². The van der Waals surface area contributed by atoms with E-state index in [9.17, 15) is 24.6 Å². The number of anilines is 5. The number of nitrogens with zero attached hydrogens (tertiary/aromatic N) is 4. The lowest BCUT2D eigenvalue weighted by molar-refractivity contribution is -0.145. The third-order valence-electron chi connectivity index (χ3n) is 14.0. The van der Waals surface area contributed by atoms with Gasteiger partial charge in [-0.1, -0.05) is 36.4 Å². The number of benzene rings is 5. The molecular formula is C57H62N6O13. The Balaban J connectivity index is 0.925. The summed E-state index contributed by atoms with van der Waals surface area (Å²) in [6.45, 7) is 4.03. The molecule has 0 radical (unpaired) electrons. The molecule has 0 aliphatic carbocycles. The number of hydrogen-bond acceptors (Lipinski definition) is 16. The number of ether oxygens (including phenoxy) is 7. The van der Waals surface area contributed by atoms with Crippen molar-refractivity contribution in [1.29, 1.82) is 0 Å². The van der Waals surface area contributed by atoms with E-state index in [-0.39, 0.29) is 43.5 Å². The molecule has 0 saturated carbocycles. The number of carbonyl (C=O) groups excluding carboxylic acids is 3. The zero-order valence-corrected chi connectivity index (χ0v) is 42.8. The first-order valence-corrected chi connectivity index (χ1v) is 25.4. The van der Waals surface area contributed by atoms with Gasteiger partial charge >= 0.3 is 5.97 Å². The molecule has 4 aliphatic rings. The monoisotopic (exact) mass is 1040 g/mol. The Bertz CT molecular complexity index is 2910. The summed E-state index contributed by atoms with van der Waals surface area (Å²) in [7, 11) is 4.70. The first kappa shape index (κ1) is 51.4. The molecule has 4 aliphatic heterocycles. The van der Waals surface area contributed by atoms with Crippen LogP contribution < -0.4 is 49.1 Å². The number of para-hydroxylation sites is 2. The second-order valence-electron chi connectivity index (χ2n) is 18.9. The Morgan fingerprint density at radius 1 is 0.618 bits per heavy atom. The molecule has 2 atom stereocenters. The smallest absolute Gasteiger partial charge is 0.333 e. The first-order valence-electron chi connectivity index (χ1n) is 25.4. The number of hydrogen-bond donors (Lipinski definition) is 4. The molecule has 19 heteroatoms. The lowest BCUT2D eigenvalue weighted by Crippen LogP contribution is -2.39. The van der Waals surface area contributed by atoms with Crippen LogP contribution >= 0.6 is 0 Å². The van der Waals surface area contributed by atoms with Gasteiger partial charge in [0.05, 0.1) is 81.8 Å². The topological polar surface area (TPSA) is 204 Å². The summed E-state index contributed by atoms with van der Waals surface area (Å²) in [6, 6.07) is 31.4. The molecule has 0 spiro atoms. The van der Waals surface area contributed by atoms with Crippen LogP contribution in [-0.4, -0.2) is 125 Å². The summed E-state index contributed by atoms with van der Waals surface area (Å²) in [6.07, 6.45) is 1.78. The Labute approximate surface area is 440 Å². The summed E-state index contributed by atoms with van der Waals surface area (Å²) in [5.41, 5.74) is 8.65. The number of rotatable bonds is 23. The third kappa shape index (κ3) is 11.0. The molecule has 0 fully saturated rings. The van der Waals surface area contributed by atoms with Crippen molar-refractivity contribution in [3.8, 4) is 34.8 Å². The van der Waals surface area contributed by atoms with Gasteiger partial charge in [0, 0.05) is 81.0 Å². The zero-order chi connectivity index (χ0) is 52.7. The molecule has 0 bridgehead atoms. The molecular weight excluding hydrogens is 977 g/mol. The summed E-state index contributed by atoms with van der Waals surface area (Å²) in [5, 5.41) is 27.2. The fraction of sp³-hybridized carbons (Fsp3) is 0.351. The number of fused-ring (bicyclic) bond motifs is 8. The Hall–Kier alpha value is -8.13. The van der Waals surface area contributed by atoms with Gasteiger partial charge in [0.1, 0.15) is 13.2 Å². The number of aromatic hydroxyl groups is 2. The molecule has 1 unspecified atom stereocenters. The van der Waals surface area contributed by atoms with Gasteiger partial charge in [-0.3, -0.25) is 9.59 Å². The lowest BCUT2D eigenvalue weighted by Gasteiger charge is -2.26. The first-order chi connectivity index (χ1) is 37.1. The molecule has 5 aromatic carbocycles. The average Bonchev–Trinajstić information content (AvgIpc) is 4.05. The summed E-state index contributed by atoms with van der Waals surface area (Å²) < 4.78 is 42.3. The van der Waals surface area contributed by atoms with Crippen LogP contribution in [0.4, 0.5) is 28.4 Å². The van der Waals surface area contributed by atoms with Crippen molar-refractivity contribution in [2.45, 2.75) is 51.0 Å². The molecule has 2 amide bonds. The maximum atomic E-state index is 14.2. The highest BCUT2D eigenvalue weighted by atomic mass is 16.7. The maximum absolute atomic E-state index is 14.2. The van der Waals surface area contributed by atoms with E-state index in [4.69, 9.17) is 38.0 Å². The summed E-state index contributed by atoms with van der Waals surface area (Å²) in [5.74, 6) is -0.0615. The van der Waals surface area contributed by atoms with Crippen molar-refractivity contribution < 1.29 is 62.6 Å². The van der Waals surface area contributed by atoms with E-state index in [0.29, 0.717) is 116 Å². The van der Waals surface area contributed by atoms with Crippen LogP contribution in [-0.2, 0) is 45.1 Å². The highest BCUT2D eigenvalue weighted by Crippen LogP contribution is 2.43. The van der Waals surface area contributed by atoms with Crippen molar-refractivity contribution in [3.05, 3.63) is 137 Å². The zero-order valence-electron chi connectivity index (χ0n) is 42.8. The second kappa shape index (κ2) is 23.2. The Morgan fingerprint density at radius 2 is 1.13 bits per heavy atom. The maximum Gasteiger partial charge on any atom is 0.333 e. The largest absolute Gasteiger partial charge is 0.493 e. The molecule has 0 saturated heterocycles. The summed E-state index contributed by atoms with van der Waals surface area (Å²) in [4.78, 5) is 52.5. The van der Waals surface area contributed by atoms with E-state index in [1.54, 1.807) is 33.5 Å². The highest BCUT2D eigenvalue weighted by Gasteiger charge is 2.39. The van der Waals surface area contributed by atoms with E-state index in [0.717, 1.165) is 52.2 Å². The molecule has 19 nitrogen and oxygen atoms in total. The van der Waals surface area contributed by atoms with Crippen molar-refractivity contribution in [3.63, 3.8) is 0 Å². The number of methoxy groups -OCH3 is 3. The number of nitrogens with one attached hydrogen (secondary N) is 2. The van der Waals surface area contributed by atoms with Gasteiger partial charge in [0.15, 0.2) is 23.0 Å². The number of aromatic nitrogens is 1. The van der Waals surface area contributed by atoms with Gasteiger partial charge in [-0.05, 0) is 84.0 Å². The normalized spacial score (nSPS) is 15.9. The molecule has 10 rings (SSSR count). The van der Waals surface area contributed by atoms with Crippen molar-refractivity contribution >= 4 is 46.2 Å². The van der Waals surface area contributed by atoms with E-state index in [2.05, 4.69) is 27.7 Å². The van der Waals surface area contributed by atoms with E-state index >= 15 is 0 Å². The molecule has 5 heterocycles. The van der Waals surface area contributed by atoms with Crippen LogP contribution in [0, 0.1) is 0 Å². The van der Waals surface area contributed by atoms with Crippen molar-refractivity contribution in [2.75, 3.05) is 106 Å². The Kier molecular flexibility index (Phi) is 15.7. The fourth-order valence-electron chi connectivity index (χ4n) is 10.3. The number of carbonyl (C=O) groups is 3. The minimum absolute atomic E-state index is 0.0418. The van der Waals surface area contributed by atoms with Crippen LogP contribution in [0.25, 0.3) is 0 Å². The molecule has 76 heavy (non-hydrogen) atoms. The predicted molar refractivity (Wildman–Crippen MR) is 284 cm³/mol. The predicted octanol–water partition coefficient (Wildman–Crippen LogP) is 6.99. The van der Waals surface area contributed by atoms with Gasteiger partial charge in [-0.25, -0.2) is 4.79 Å². The van der Waals surface area contributed by atoms with Crippen molar-refractivity contribution in [1.82, 2.24) is 4.73 Å². The van der Waals surface area contributed by atoms with Gasteiger partial charge in [-0.2, -0.15) is 0 Å². The van der Waals surface area contributed by atoms with Gasteiger partial charge in [-0.15, -0.1) is 4.73 Å². The Morgan fingerprint density at radius 3 is 1.66 bits per heavy atom. The molecule has 6 aromatic rings. The SMILES string of the molecule is COCCOCCOCCN(CCCC(=O)On1c(O)ccc1O)c1cc(COc2cc3c(cc2OC)C(=O)N2c4ccccc4CC2CN3)cc(COc2cc3c(cc2OC)C(=O)N2c4ccccc4C[C@H]2CN3)c1. The van der Waals surface area contributed by atoms with Gasteiger partial charge in [0.25, 0.3) is 11.8 Å². The lowest BCUT2D eigenvalue weighted by atomic mass is 10.1. The standard InChI is InChI=1S/C57H62N6O13/c1-69-19-20-73-22-21-72-18-17-60(16-8-13-55(66)76-63-53(64)14-15-54(63)65)40-24-36(34-74-51-30-45-43(28-49(51)70-2)56(67)61-41(32-58-45)26-38-9-4-6-11-47(38)61)23-37(25-40)35-75-52-31-46-44(29-50(52)71-3)57(68)62-42(33-59-46)27-39-10-5-7-12-48(39)62/h4-7,9-12,14-15,23-25,28-31,41-42,58-59,64-65H,8,13,16-22,26-27,32-35H2,1-3H3/t41-,42?/m0/s1. The second-order valence-corrected chi connectivity index (χ2v) is 18.9. The van der Waals surface area contributed by atoms with E-state index < -0.39 is 17.7 Å². The van der Waals surface area contributed by atoms with Crippen LogP contribution in [0.5, 0.6) is 34.8 Å². The molecule has 4 N–H and O–H groups in total. The molecule has 398 valence electrons. The highest BCUT2D eigenvalue weighted by molar-refractivity contribution is 6.13. The van der Waals surface area contributed by atoms with Crippen LogP contribution in [0.15, 0.2) is 103 Å².